The van der Waals surface area contributed by atoms with Crippen molar-refractivity contribution in [1.29, 1.82) is 0 Å². The van der Waals surface area contributed by atoms with Gasteiger partial charge in [-0.15, -0.1) is 0 Å². The van der Waals surface area contributed by atoms with Crippen molar-refractivity contribution in [3.63, 3.8) is 0 Å². The van der Waals surface area contributed by atoms with Crippen molar-refractivity contribution >= 4 is 11.9 Å². The van der Waals surface area contributed by atoms with Gasteiger partial charge in [-0.1, -0.05) is 5.16 Å². The second-order valence-corrected chi connectivity index (χ2v) is 5.30. The maximum atomic E-state index is 12.1. The summed E-state index contributed by atoms with van der Waals surface area (Å²) in [5.41, 5.74) is 5.73. The largest absolute Gasteiger partial charge is 0.444 e. The van der Waals surface area contributed by atoms with Gasteiger partial charge in [0.1, 0.15) is 11.6 Å². The molecule has 0 saturated heterocycles. The first kappa shape index (κ1) is 15.7. The molecule has 1 atom stereocenters. The van der Waals surface area contributed by atoms with Crippen LogP contribution >= 0.6 is 0 Å². The number of rotatable bonds is 3. The molecule has 1 amide bonds. The lowest BCUT2D eigenvalue weighted by Gasteiger charge is -2.30. The number of amides is 1. The zero-order valence-electron chi connectivity index (χ0n) is 12.1. The number of pyridine rings is 1. The number of aromatic nitrogens is 1. The SMILES string of the molecule is CN(C(=O)OC(C)(C)C)C(/C(N)=N/O)c1ccncc1. The third kappa shape index (κ3) is 4.11. The van der Waals surface area contributed by atoms with E-state index in [9.17, 15) is 4.79 Å². The maximum Gasteiger partial charge on any atom is 0.410 e. The van der Waals surface area contributed by atoms with Crippen molar-refractivity contribution in [2.75, 3.05) is 7.05 Å². The number of likely N-dealkylation sites (N-methyl/N-ethyl adjacent to an activating group) is 1. The molecule has 1 unspecified atom stereocenters. The van der Waals surface area contributed by atoms with Gasteiger partial charge in [0, 0.05) is 19.4 Å². The Morgan fingerprint density at radius 2 is 2.00 bits per heavy atom. The Bertz CT molecular complexity index is 482. The summed E-state index contributed by atoms with van der Waals surface area (Å²) in [6.45, 7) is 5.30. The average Bonchev–Trinajstić information content (AvgIpc) is 2.37. The summed E-state index contributed by atoms with van der Waals surface area (Å²) in [4.78, 5) is 17.3. The van der Waals surface area contributed by atoms with Gasteiger partial charge < -0.3 is 15.7 Å². The van der Waals surface area contributed by atoms with Crippen LogP contribution in [0.15, 0.2) is 29.7 Å². The normalized spacial score (nSPS) is 13.7. The van der Waals surface area contributed by atoms with Crippen molar-refractivity contribution in [3.05, 3.63) is 30.1 Å². The van der Waals surface area contributed by atoms with Crippen LogP contribution in [-0.4, -0.2) is 39.7 Å². The van der Waals surface area contributed by atoms with Gasteiger partial charge in [0.05, 0.1) is 0 Å². The van der Waals surface area contributed by atoms with Crippen LogP contribution in [0.3, 0.4) is 0 Å². The highest BCUT2D eigenvalue weighted by atomic mass is 16.6. The molecule has 1 aromatic heterocycles. The van der Waals surface area contributed by atoms with Gasteiger partial charge in [0.2, 0.25) is 0 Å². The first-order valence-electron chi connectivity index (χ1n) is 6.09. The Labute approximate surface area is 118 Å². The molecule has 1 rings (SSSR count). The second kappa shape index (κ2) is 6.23. The van der Waals surface area contributed by atoms with E-state index in [1.807, 2.05) is 0 Å². The molecular formula is C13H20N4O3. The Hall–Kier alpha value is -2.31. The van der Waals surface area contributed by atoms with E-state index in [1.54, 1.807) is 45.3 Å². The lowest BCUT2D eigenvalue weighted by molar-refractivity contribution is 0.0263. The monoisotopic (exact) mass is 280 g/mol. The van der Waals surface area contributed by atoms with Crippen LogP contribution < -0.4 is 5.73 Å². The molecule has 7 heteroatoms. The van der Waals surface area contributed by atoms with Crippen LogP contribution in [-0.2, 0) is 4.74 Å². The molecule has 0 aliphatic carbocycles. The zero-order chi connectivity index (χ0) is 15.3. The molecule has 0 spiro atoms. The average molecular weight is 280 g/mol. The molecule has 0 saturated carbocycles. The molecule has 1 aromatic rings. The van der Waals surface area contributed by atoms with Crippen LogP contribution in [0.2, 0.25) is 0 Å². The molecule has 0 fully saturated rings. The Kier molecular flexibility index (Phi) is 4.90. The first-order valence-corrected chi connectivity index (χ1v) is 6.09. The van der Waals surface area contributed by atoms with Crippen LogP contribution in [0.25, 0.3) is 0 Å². The van der Waals surface area contributed by atoms with E-state index in [-0.39, 0.29) is 5.84 Å². The van der Waals surface area contributed by atoms with E-state index in [2.05, 4.69) is 10.1 Å². The van der Waals surface area contributed by atoms with Gasteiger partial charge in [-0.3, -0.25) is 9.88 Å². The number of ether oxygens (including phenoxy) is 1. The molecule has 0 aromatic carbocycles. The molecule has 110 valence electrons. The molecule has 3 N–H and O–H groups in total. The topological polar surface area (TPSA) is 101 Å². The highest BCUT2D eigenvalue weighted by Gasteiger charge is 2.29. The summed E-state index contributed by atoms with van der Waals surface area (Å²) < 4.78 is 5.28. The number of hydrogen-bond acceptors (Lipinski definition) is 5. The van der Waals surface area contributed by atoms with Crippen molar-refractivity contribution in [1.82, 2.24) is 9.88 Å². The summed E-state index contributed by atoms with van der Waals surface area (Å²) in [5, 5.41) is 11.9. The van der Waals surface area contributed by atoms with Crippen molar-refractivity contribution < 1.29 is 14.7 Å². The van der Waals surface area contributed by atoms with Gasteiger partial charge in [0.15, 0.2) is 5.84 Å². The number of hydrogen-bond donors (Lipinski definition) is 2. The summed E-state index contributed by atoms with van der Waals surface area (Å²) in [5.74, 6) is -0.107. The van der Waals surface area contributed by atoms with E-state index in [4.69, 9.17) is 15.7 Å². The number of nitrogens with two attached hydrogens (primary N) is 1. The summed E-state index contributed by atoms with van der Waals surface area (Å²) in [6, 6.07) is 2.64. The van der Waals surface area contributed by atoms with Gasteiger partial charge in [-0.05, 0) is 38.5 Å². The predicted molar refractivity (Wildman–Crippen MR) is 74.4 cm³/mol. The fourth-order valence-corrected chi connectivity index (χ4v) is 1.63. The second-order valence-electron chi connectivity index (χ2n) is 5.30. The molecular weight excluding hydrogens is 260 g/mol. The number of carbonyl (C=O) groups is 1. The molecule has 7 nitrogen and oxygen atoms in total. The molecule has 0 aliphatic heterocycles. The Morgan fingerprint density at radius 3 is 2.45 bits per heavy atom. The highest BCUT2D eigenvalue weighted by Crippen LogP contribution is 2.21. The summed E-state index contributed by atoms with van der Waals surface area (Å²) >= 11 is 0. The number of amidine groups is 1. The molecule has 0 radical (unpaired) electrons. The highest BCUT2D eigenvalue weighted by molar-refractivity contribution is 5.89. The minimum absolute atomic E-state index is 0.107. The lowest BCUT2D eigenvalue weighted by Crippen LogP contribution is -2.42. The van der Waals surface area contributed by atoms with Gasteiger partial charge >= 0.3 is 6.09 Å². The van der Waals surface area contributed by atoms with E-state index < -0.39 is 17.7 Å². The minimum atomic E-state index is -0.724. The van der Waals surface area contributed by atoms with Crippen LogP contribution in [0.4, 0.5) is 4.79 Å². The molecule has 0 aliphatic rings. The van der Waals surface area contributed by atoms with Crippen LogP contribution in [0.5, 0.6) is 0 Å². The third-order valence-corrected chi connectivity index (χ3v) is 2.49. The van der Waals surface area contributed by atoms with E-state index >= 15 is 0 Å². The Morgan fingerprint density at radius 1 is 1.45 bits per heavy atom. The van der Waals surface area contributed by atoms with Crippen LogP contribution in [0.1, 0.15) is 32.4 Å². The Balaban J connectivity index is 3.04. The zero-order valence-corrected chi connectivity index (χ0v) is 12.1. The van der Waals surface area contributed by atoms with Crippen molar-refractivity contribution in [2.45, 2.75) is 32.4 Å². The maximum absolute atomic E-state index is 12.1. The number of nitrogens with zero attached hydrogens (tertiary/aromatic N) is 3. The number of carbonyl (C=O) groups excluding carboxylic acids is 1. The van der Waals surface area contributed by atoms with E-state index in [0.29, 0.717) is 5.56 Å². The van der Waals surface area contributed by atoms with Gasteiger partial charge in [-0.25, -0.2) is 4.79 Å². The predicted octanol–water partition coefficient (Wildman–Crippen LogP) is 1.74. The van der Waals surface area contributed by atoms with Crippen molar-refractivity contribution in [3.8, 4) is 0 Å². The summed E-state index contributed by atoms with van der Waals surface area (Å²) in [6.07, 6.45) is 2.57. The first-order chi connectivity index (χ1) is 9.26. The van der Waals surface area contributed by atoms with E-state index in [0.717, 1.165) is 0 Å². The standard InChI is InChI=1S/C13H20N4O3/c1-13(2,3)20-12(18)17(4)10(11(14)16-19)9-5-7-15-8-6-9/h5-8,10,19H,1-4H3,(H2,14,16). The van der Waals surface area contributed by atoms with Crippen molar-refractivity contribution in [2.24, 2.45) is 10.9 Å². The minimum Gasteiger partial charge on any atom is -0.444 e. The fraction of sp³-hybridized carbons (Fsp3) is 0.462. The smallest absolute Gasteiger partial charge is 0.410 e. The summed E-state index contributed by atoms with van der Waals surface area (Å²) in [7, 11) is 1.53. The third-order valence-electron chi connectivity index (χ3n) is 2.49. The van der Waals surface area contributed by atoms with Gasteiger partial charge in [-0.2, -0.15) is 0 Å². The van der Waals surface area contributed by atoms with E-state index in [1.165, 1.54) is 11.9 Å². The van der Waals surface area contributed by atoms with Gasteiger partial charge in [0.25, 0.3) is 0 Å². The molecule has 20 heavy (non-hydrogen) atoms. The van der Waals surface area contributed by atoms with Crippen LogP contribution in [0, 0.1) is 0 Å². The molecule has 0 bridgehead atoms. The number of oxime groups is 1. The molecule has 1 heterocycles. The lowest BCUT2D eigenvalue weighted by atomic mass is 10.1. The fourth-order valence-electron chi connectivity index (χ4n) is 1.63. The quantitative estimate of drug-likeness (QED) is 0.380.